The lowest BCUT2D eigenvalue weighted by Gasteiger charge is -2.04. The number of hydrogen-bond acceptors (Lipinski definition) is 1. The zero-order valence-corrected chi connectivity index (χ0v) is 8.96. The lowest BCUT2D eigenvalue weighted by molar-refractivity contribution is 0.739. The molecule has 0 aliphatic heterocycles. The molecule has 0 bridgehead atoms. The predicted octanol–water partition coefficient (Wildman–Crippen LogP) is 2.93. The van der Waals surface area contributed by atoms with Crippen LogP contribution in [-0.2, 0) is 7.05 Å². The third kappa shape index (κ3) is 2.00. The normalized spacial score (nSPS) is 12.2. The average molecular weight is 178 g/mol. The van der Waals surface area contributed by atoms with Gasteiger partial charge in [0.25, 0.3) is 0 Å². The molecular weight excluding hydrogens is 160 g/mol. The molecule has 2 heteroatoms. The summed E-state index contributed by atoms with van der Waals surface area (Å²) in [6.07, 6.45) is 6.48. The molecule has 1 heterocycles. The highest BCUT2D eigenvalue weighted by atomic mass is 15.3. The van der Waals surface area contributed by atoms with Crippen LogP contribution in [0.15, 0.2) is 12.3 Å². The standard InChI is InChI=1S/C11H18N2/c1-5-7-10(6-2)11-8-12-13(4)9(11)3/h6,8H,5,7H2,1-4H3/b10-6+. The van der Waals surface area contributed by atoms with Crippen LogP contribution in [0.4, 0.5) is 0 Å². The molecule has 0 amide bonds. The highest BCUT2D eigenvalue weighted by Crippen LogP contribution is 2.22. The smallest absolute Gasteiger partial charge is 0.0567 e. The Morgan fingerprint density at radius 3 is 2.69 bits per heavy atom. The summed E-state index contributed by atoms with van der Waals surface area (Å²) in [5, 5.41) is 4.24. The van der Waals surface area contributed by atoms with E-state index in [1.54, 1.807) is 0 Å². The minimum atomic E-state index is 1.14. The van der Waals surface area contributed by atoms with Gasteiger partial charge in [0.2, 0.25) is 0 Å². The van der Waals surface area contributed by atoms with E-state index in [2.05, 4.69) is 31.9 Å². The fraction of sp³-hybridized carbons (Fsp3) is 0.545. The van der Waals surface area contributed by atoms with Gasteiger partial charge in [0.05, 0.1) is 6.20 Å². The highest BCUT2D eigenvalue weighted by molar-refractivity contribution is 5.66. The summed E-state index contributed by atoms with van der Waals surface area (Å²) < 4.78 is 1.93. The van der Waals surface area contributed by atoms with Crippen molar-refractivity contribution in [2.75, 3.05) is 0 Å². The second-order valence-corrected chi connectivity index (χ2v) is 3.33. The lowest BCUT2D eigenvalue weighted by Crippen LogP contribution is -1.94. The van der Waals surface area contributed by atoms with E-state index in [1.807, 2.05) is 17.9 Å². The van der Waals surface area contributed by atoms with Crippen LogP contribution in [0.1, 0.15) is 37.9 Å². The molecule has 0 N–H and O–H groups in total. The minimum Gasteiger partial charge on any atom is -0.272 e. The number of rotatable bonds is 3. The van der Waals surface area contributed by atoms with Crippen LogP contribution < -0.4 is 0 Å². The Morgan fingerprint density at radius 1 is 1.62 bits per heavy atom. The molecule has 1 rings (SSSR count). The quantitative estimate of drug-likeness (QED) is 0.696. The molecule has 0 saturated heterocycles. The molecular formula is C11H18N2. The fourth-order valence-electron chi connectivity index (χ4n) is 1.52. The Labute approximate surface area is 80.3 Å². The monoisotopic (exact) mass is 178 g/mol. The molecule has 0 aliphatic rings. The second-order valence-electron chi connectivity index (χ2n) is 3.33. The highest BCUT2D eigenvalue weighted by Gasteiger charge is 2.06. The molecule has 0 atom stereocenters. The van der Waals surface area contributed by atoms with Gasteiger partial charge in [0, 0.05) is 18.3 Å². The van der Waals surface area contributed by atoms with Crippen LogP contribution in [0.2, 0.25) is 0 Å². The Hall–Kier alpha value is -1.05. The van der Waals surface area contributed by atoms with Crippen molar-refractivity contribution in [2.24, 2.45) is 7.05 Å². The maximum Gasteiger partial charge on any atom is 0.0567 e. The van der Waals surface area contributed by atoms with Crippen LogP contribution >= 0.6 is 0 Å². The third-order valence-electron chi connectivity index (χ3n) is 2.45. The molecule has 0 aliphatic carbocycles. The van der Waals surface area contributed by atoms with E-state index in [-0.39, 0.29) is 0 Å². The van der Waals surface area contributed by atoms with E-state index >= 15 is 0 Å². The molecule has 2 nitrogen and oxygen atoms in total. The predicted molar refractivity (Wildman–Crippen MR) is 56.5 cm³/mol. The Balaban J connectivity index is 2.99. The summed E-state index contributed by atoms with van der Waals surface area (Å²) in [4.78, 5) is 0. The van der Waals surface area contributed by atoms with E-state index in [0.717, 1.165) is 6.42 Å². The van der Waals surface area contributed by atoms with E-state index < -0.39 is 0 Å². The van der Waals surface area contributed by atoms with Crippen LogP contribution in [0, 0.1) is 6.92 Å². The van der Waals surface area contributed by atoms with E-state index in [1.165, 1.54) is 23.3 Å². The molecule has 1 aromatic heterocycles. The minimum absolute atomic E-state index is 1.14. The molecule has 0 fully saturated rings. The van der Waals surface area contributed by atoms with Crippen LogP contribution in [-0.4, -0.2) is 9.78 Å². The Kier molecular flexibility index (Phi) is 3.29. The summed E-state index contributed by atoms with van der Waals surface area (Å²) in [5.74, 6) is 0. The molecule has 0 radical (unpaired) electrons. The van der Waals surface area contributed by atoms with Crippen molar-refractivity contribution in [1.82, 2.24) is 9.78 Å². The summed E-state index contributed by atoms with van der Waals surface area (Å²) in [5.41, 5.74) is 3.96. The topological polar surface area (TPSA) is 17.8 Å². The van der Waals surface area contributed by atoms with E-state index in [4.69, 9.17) is 0 Å². The molecule has 1 aromatic rings. The first-order chi connectivity index (χ1) is 6.20. The summed E-state index contributed by atoms with van der Waals surface area (Å²) in [6, 6.07) is 0. The SMILES string of the molecule is C/C=C(\CCC)c1cnn(C)c1C. The van der Waals surface area contributed by atoms with E-state index in [9.17, 15) is 0 Å². The largest absolute Gasteiger partial charge is 0.272 e. The first-order valence-corrected chi connectivity index (χ1v) is 4.84. The van der Waals surface area contributed by atoms with Crippen molar-refractivity contribution in [3.8, 4) is 0 Å². The van der Waals surface area contributed by atoms with Gasteiger partial charge in [-0.3, -0.25) is 4.68 Å². The summed E-state index contributed by atoms with van der Waals surface area (Å²) in [6.45, 7) is 6.41. The van der Waals surface area contributed by atoms with Gasteiger partial charge < -0.3 is 0 Å². The van der Waals surface area contributed by atoms with Gasteiger partial charge in [-0.2, -0.15) is 5.10 Å². The number of allylic oxidation sites excluding steroid dienone is 2. The lowest BCUT2D eigenvalue weighted by atomic mass is 10.0. The fourth-order valence-corrected chi connectivity index (χ4v) is 1.52. The van der Waals surface area contributed by atoms with Crippen molar-refractivity contribution in [3.63, 3.8) is 0 Å². The molecule has 0 saturated carbocycles. The van der Waals surface area contributed by atoms with Gasteiger partial charge in [-0.15, -0.1) is 0 Å². The third-order valence-corrected chi connectivity index (χ3v) is 2.45. The summed E-state index contributed by atoms with van der Waals surface area (Å²) in [7, 11) is 1.98. The van der Waals surface area contributed by atoms with Gasteiger partial charge in [-0.05, 0) is 25.8 Å². The zero-order chi connectivity index (χ0) is 9.84. The average Bonchev–Trinajstić information content (AvgIpc) is 2.45. The molecule has 13 heavy (non-hydrogen) atoms. The maximum atomic E-state index is 4.24. The van der Waals surface area contributed by atoms with Crippen molar-refractivity contribution in [1.29, 1.82) is 0 Å². The second kappa shape index (κ2) is 4.26. The Bertz CT molecular complexity index is 308. The number of nitrogens with zero attached hydrogens (tertiary/aromatic N) is 2. The van der Waals surface area contributed by atoms with Crippen LogP contribution in [0.25, 0.3) is 5.57 Å². The maximum absolute atomic E-state index is 4.24. The van der Waals surface area contributed by atoms with Crippen LogP contribution in [0.5, 0.6) is 0 Å². The van der Waals surface area contributed by atoms with Gasteiger partial charge in [-0.1, -0.05) is 19.4 Å². The zero-order valence-electron chi connectivity index (χ0n) is 8.96. The van der Waals surface area contributed by atoms with Gasteiger partial charge in [0.1, 0.15) is 0 Å². The van der Waals surface area contributed by atoms with Crippen molar-refractivity contribution >= 4 is 5.57 Å². The van der Waals surface area contributed by atoms with Crippen molar-refractivity contribution in [2.45, 2.75) is 33.6 Å². The number of aromatic nitrogens is 2. The molecule has 0 spiro atoms. The van der Waals surface area contributed by atoms with Gasteiger partial charge >= 0.3 is 0 Å². The number of aryl methyl sites for hydroxylation is 1. The van der Waals surface area contributed by atoms with Crippen molar-refractivity contribution < 1.29 is 0 Å². The molecule has 72 valence electrons. The summed E-state index contributed by atoms with van der Waals surface area (Å²) >= 11 is 0. The Morgan fingerprint density at radius 2 is 2.31 bits per heavy atom. The van der Waals surface area contributed by atoms with E-state index in [0.29, 0.717) is 0 Å². The van der Waals surface area contributed by atoms with Gasteiger partial charge in [0.15, 0.2) is 0 Å². The number of hydrogen-bond donors (Lipinski definition) is 0. The van der Waals surface area contributed by atoms with Crippen LogP contribution in [0.3, 0.4) is 0 Å². The molecule has 0 unspecified atom stereocenters. The first kappa shape index (κ1) is 10.0. The molecule has 0 aromatic carbocycles. The van der Waals surface area contributed by atoms with Crippen molar-refractivity contribution in [3.05, 3.63) is 23.5 Å². The first-order valence-electron chi connectivity index (χ1n) is 4.84. The van der Waals surface area contributed by atoms with Gasteiger partial charge in [-0.25, -0.2) is 0 Å².